The fraction of sp³-hybridized carbons (Fsp3) is 0.381. The standard InChI is InChI=1S/C21H26N6O2/c1-3-5-17-13(4-2)8-15(10-23-17)16-11-24-27-18(22)9-19(25-20(16)27)26-7-6-14(12-26)21(28)29/h3-5,9-11,14-15,19,25H,1,6-8,12,22H2,2H3,(H,28,29)/b13-4-,17-5+. The molecule has 0 spiro atoms. The molecule has 0 amide bonds. The van der Waals surface area contributed by atoms with Gasteiger partial charge >= 0.3 is 5.97 Å². The number of hydrogen-bond donors (Lipinski definition) is 3. The van der Waals surface area contributed by atoms with E-state index in [0.717, 1.165) is 29.1 Å². The number of fused-ring (bicyclic) bond motifs is 1. The molecule has 3 aliphatic rings. The third-order valence-corrected chi connectivity index (χ3v) is 5.80. The van der Waals surface area contributed by atoms with Gasteiger partial charge in [-0.15, -0.1) is 0 Å². The Morgan fingerprint density at radius 2 is 2.31 bits per heavy atom. The van der Waals surface area contributed by atoms with E-state index < -0.39 is 5.97 Å². The SMILES string of the molecule is C=C/C=C1/N=CC(c2cnn3c2NC(N2CCC(C(=O)O)C2)C=C3N)C/C1=C/C. The molecule has 3 atom stereocenters. The molecule has 152 valence electrons. The Morgan fingerprint density at radius 3 is 3.00 bits per heavy atom. The summed E-state index contributed by atoms with van der Waals surface area (Å²) in [5.41, 5.74) is 9.39. The van der Waals surface area contributed by atoms with E-state index in [0.29, 0.717) is 25.3 Å². The number of hydrogen-bond acceptors (Lipinski definition) is 6. The smallest absolute Gasteiger partial charge is 0.307 e. The lowest BCUT2D eigenvalue weighted by molar-refractivity contribution is -0.141. The minimum Gasteiger partial charge on any atom is -0.481 e. The maximum Gasteiger partial charge on any atom is 0.307 e. The Hall–Kier alpha value is -3.13. The van der Waals surface area contributed by atoms with Gasteiger partial charge in [-0.25, -0.2) is 4.68 Å². The van der Waals surface area contributed by atoms with Crippen LogP contribution in [0.15, 0.2) is 53.3 Å². The Labute approximate surface area is 169 Å². The average molecular weight is 394 g/mol. The van der Waals surface area contributed by atoms with Crippen molar-refractivity contribution in [1.29, 1.82) is 0 Å². The van der Waals surface area contributed by atoms with Crippen molar-refractivity contribution >= 4 is 23.8 Å². The molecule has 4 heterocycles. The van der Waals surface area contributed by atoms with Crippen LogP contribution in [0.5, 0.6) is 0 Å². The normalized spacial score (nSPS) is 29.6. The van der Waals surface area contributed by atoms with E-state index in [1.54, 1.807) is 10.8 Å². The first-order chi connectivity index (χ1) is 14.0. The number of allylic oxidation sites excluding steroid dienone is 4. The predicted molar refractivity (Wildman–Crippen MR) is 113 cm³/mol. The predicted octanol–water partition coefficient (Wildman–Crippen LogP) is 2.37. The van der Waals surface area contributed by atoms with Crippen LogP contribution in [-0.4, -0.2) is 51.2 Å². The van der Waals surface area contributed by atoms with E-state index in [1.165, 1.54) is 0 Å². The molecule has 1 saturated heterocycles. The molecular weight excluding hydrogens is 368 g/mol. The zero-order valence-electron chi connectivity index (χ0n) is 16.5. The lowest BCUT2D eigenvalue weighted by Crippen LogP contribution is -2.42. The number of carboxylic acid groups (broad SMARTS) is 1. The number of rotatable bonds is 4. The van der Waals surface area contributed by atoms with Crippen molar-refractivity contribution in [3.8, 4) is 0 Å². The molecule has 0 aliphatic carbocycles. The number of aromatic nitrogens is 2. The van der Waals surface area contributed by atoms with E-state index in [-0.39, 0.29) is 18.0 Å². The molecule has 1 fully saturated rings. The summed E-state index contributed by atoms with van der Waals surface area (Å²) in [6.45, 7) is 6.99. The van der Waals surface area contributed by atoms with Crippen LogP contribution >= 0.6 is 0 Å². The number of aliphatic carboxylic acids is 1. The van der Waals surface area contributed by atoms with E-state index in [1.807, 2.05) is 31.5 Å². The molecule has 4 rings (SSSR count). The molecule has 3 aliphatic heterocycles. The monoisotopic (exact) mass is 394 g/mol. The number of nitrogens with zero attached hydrogens (tertiary/aromatic N) is 4. The second-order valence-electron chi connectivity index (χ2n) is 7.55. The number of anilines is 1. The van der Waals surface area contributed by atoms with Gasteiger partial charge in [-0.2, -0.15) is 5.10 Å². The molecule has 29 heavy (non-hydrogen) atoms. The highest BCUT2D eigenvalue weighted by Crippen LogP contribution is 2.37. The van der Waals surface area contributed by atoms with Gasteiger partial charge in [-0.3, -0.25) is 14.7 Å². The second-order valence-corrected chi connectivity index (χ2v) is 7.55. The van der Waals surface area contributed by atoms with Gasteiger partial charge in [0.15, 0.2) is 0 Å². The molecule has 4 N–H and O–H groups in total. The van der Waals surface area contributed by atoms with E-state index in [4.69, 9.17) is 5.73 Å². The van der Waals surface area contributed by atoms with Gasteiger partial charge in [0.05, 0.1) is 17.8 Å². The van der Waals surface area contributed by atoms with Crippen LogP contribution in [0.3, 0.4) is 0 Å². The molecule has 1 aromatic rings. The van der Waals surface area contributed by atoms with E-state index >= 15 is 0 Å². The molecule has 1 aromatic heterocycles. The molecule has 0 radical (unpaired) electrons. The van der Waals surface area contributed by atoms with Crippen molar-refractivity contribution < 1.29 is 9.90 Å². The number of aliphatic imine (C=N–C) groups is 1. The first kappa shape index (κ1) is 19.2. The van der Waals surface area contributed by atoms with Crippen LogP contribution in [0.4, 0.5) is 5.82 Å². The quantitative estimate of drug-likeness (QED) is 0.723. The highest BCUT2D eigenvalue weighted by molar-refractivity contribution is 5.77. The lowest BCUT2D eigenvalue weighted by atomic mass is 9.90. The van der Waals surface area contributed by atoms with Gasteiger partial charge in [0, 0.05) is 30.8 Å². The Morgan fingerprint density at radius 1 is 1.48 bits per heavy atom. The van der Waals surface area contributed by atoms with Crippen LogP contribution in [0.1, 0.15) is 31.2 Å². The molecular formula is C21H26N6O2. The van der Waals surface area contributed by atoms with Crippen molar-refractivity contribution in [3.05, 3.63) is 53.9 Å². The minimum absolute atomic E-state index is 0.0799. The van der Waals surface area contributed by atoms with Crippen molar-refractivity contribution in [3.63, 3.8) is 0 Å². The third-order valence-electron chi connectivity index (χ3n) is 5.80. The molecule has 0 aromatic carbocycles. The number of nitrogens with two attached hydrogens (primary N) is 1. The molecule has 0 saturated carbocycles. The fourth-order valence-electron chi connectivity index (χ4n) is 4.19. The van der Waals surface area contributed by atoms with Crippen LogP contribution in [-0.2, 0) is 4.79 Å². The van der Waals surface area contributed by atoms with Crippen molar-refractivity contribution in [2.75, 3.05) is 18.4 Å². The van der Waals surface area contributed by atoms with Crippen LogP contribution in [0.25, 0.3) is 5.82 Å². The van der Waals surface area contributed by atoms with Crippen molar-refractivity contribution in [2.45, 2.75) is 31.8 Å². The fourth-order valence-corrected chi connectivity index (χ4v) is 4.19. The Bertz CT molecular complexity index is 954. The summed E-state index contributed by atoms with van der Waals surface area (Å²) in [5, 5.41) is 17.3. The topological polar surface area (TPSA) is 109 Å². The Kier molecular flexibility index (Phi) is 5.10. The average Bonchev–Trinajstić information content (AvgIpc) is 3.36. The number of likely N-dealkylation sites (tertiary alicyclic amines) is 1. The molecule has 3 unspecified atom stereocenters. The third kappa shape index (κ3) is 3.51. The summed E-state index contributed by atoms with van der Waals surface area (Å²) in [4.78, 5) is 18.0. The summed E-state index contributed by atoms with van der Waals surface area (Å²) < 4.78 is 1.70. The molecule has 0 bridgehead atoms. The first-order valence-electron chi connectivity index (χ1n) is 9.83. The largest absolute Gasteiger partial charge is 0.481 e. The summed E-state index contributed by atoms with van der Waals surface area (Å²) in [7, 11) is 0. The zero-order valence-corrected chi connectivity index (χ0v) is 16.5. The maximum absolute atomic E-state index is 11.3. The van der Waals surface area contributed by atoms with Crippen molar-refractivity contribution in [1.82, 2.24) is 14.7 Å². The van der Waals surface area contributed by atoms with Gasteiger partial charge in [-0.05, 0) is 37.5 Å². The number of carboxylic acids is 1. The van der Waals surface area contributed by atoms with Gasteiger partial charge in [0.25, 0.3) is 0 Å². The highest BCUT2D eigenvalue weighted by Gasteiger charge is 2.35. The van der Waals surface area contributed by atoms with Gasteiger partial charge < -0.3 is 16.2 Å². The second kappa shape index (κ2) is 7.71. The van der Waals surface area contributed by atoms with Crippen LogP contribution < -0.4 is 11.1 Å². The van der Waals surface area contributed by atoms with Gasteiger partial charge in [0.2, 0.25) is 0 Å². The van der Waals surface area contributed by atoms with Gasteiger partial charge in [-0.1, -0.05) is 18.7 Å². The maximum atomic E-state index is 11.3. The molecule has 8 nitrogen and oxygen atoms in total. The number of nitrogens with one attached hydrogen (secondary N) is 1. The van der Waals surface area contributed by atoms with Gasteiger partial charge in [0.1, 0.15) is 17.8 Å². The first-order valence-corrected chi connectivity index (χ1v) is 9.83. The van der Waals surface area contributed by atoms with Crippen molar-refractivity contribution in [2.24, 2.45) is 16.6 Å². The highest BCUT2D eigenvalue weighted by atomic mass is 16.4. The van der Waals surface area contributed by atoms with Crippen LogP contribution in [0, 0.1) is 5.92 Å². The summed E-state index contributed by atoms with van der Waals surface area (Å²) in [6.07, 6.45) is 12.7. The number of carbonyl (C=O) groups is 1. The summed E-state index contributed by atoms with van der Waals surface area (Å²) >= 11 is 0. The Balaban J connectivity index is 1.60. The summed E-state index contributed by atoms with van der Waals surface area (Å²) in [6, 6.07) is 0. The minimum atomic E-state index is -0.744. The van der Waals surface area contributed by atoms with E-state index in [9.17, 15) is 9.90 Å². The summed E-state index contributed by atoms with van der Waals surface area (Å²) in [5.74, 6) is 0.385. The van der Waals surface area contributed by atoms with Crippen LogP contribution in [0.2, 0.25) is 0 Å². The van der Waals surface area contributed by atoms with E-state index in [2.05, 4.69) is 33.0 Å². The molecule has 8 heteroatoms. The zero-order chi connectivity index (χ0) is 20.5. The lowest BCUT2D eigenvalue weighted by Gasteiger charge is -2.32.